The van der Waals surface area contributed by atoms with Crippen LogP contribution in [0.3, 0.4) is 0 Å². The van der Waals surface area contributed by atoms with E-state index in [4.69, 9.17) is 23.1 Å². The molecule has 2 saturated carbocycles. The van der Waals surface area contributed by atoms with E-state index in [0.29, 0.717) is 17.6 Å². The molecule has 0 radical (unpaired) electrons. The summed E-state index contributed by atoms with van der Waals surface area (Å²) in [6.45, 7) is 21.8. The van der Waals surface area contributed by atoms with Gasteiger partial charge in [-0.1, -0.05) is 80.5 Å². The molecule has 1 aromatic carbocycles. The van der Waals surface area contributed by atoms with Crippen LogP contribution in [0.25, 0.3) is 0 Å². The Balaban J connectivity index is 1.90. The van der Waals surface area contributed by atoms with Crippen molar-refractivity contribution in [1.29, 1.82) is 0 Å². The maximum Gasteiger partial charge on any atom is 0.338 e. The fourth-order valence-electron chi connectivity index (χ4n) is 10.7. The van der Waals surface area contributed by atoms with Crippen LogP contribution < -0.4 is 0 Å². The highest BCUT2D eigenvalue weighted by molar-refractivity contribution is 6.74. The maximum atomic E-state index is 14.3. The van der Waals surface area contributed by atoms with E-state index in [0.717, 1.165) is 36.3 Å². The van der Waals surface area contributed by atoms with E-state index in [9.17, 15) is 24.9 Å². The van der Waals surface area contributed by atoms with Crippen molar-refractivity contribution in [2.75, 3.05) is 6.61 Å². The molecule has 3 fully saturated rings. The van der Waals surface area contributed by atoms with Crippen molar-refractivity contribution in [1.82, 2.24) is 0 Å². The molecular formula is C41H66O10Si2. The van der Waals surface area contributed by atoms with E-state index in [-0.39, 0.29) is 18.6 Å². The van der Waals surface area contributed by atoms with Gasteiger partial charge in [0.1, 0.15) is 17.8 Å². The summed E-state index contributed by atoms with van der Waals surface area (Å²) in [6.07, 6.45) is -5.83. The van der Waals surface area contributed by atoms with Gasteiger partial charge in [0.15, 0.2) is 22.2 Å². The molecule has 1 aliphatic heterocycles. The van der Waals surface area contributed by atoms with Gasteiger partial charge < -0.3 is 38.4 Å². The van der Waals surface area contributed by atoms with Gasteiger partial charge in [-0.3, -0.25) is 4.79 Å². The third-order valence-corrected chi connectivity index (χ3v) is 24.0. The fraction of sp³-hybridized carbons (Fsp3) is 0.756. The summed E-state index contributed by atoms with van der Waals surface area (Å²) in [7, 11) is -4.89. The van der Waals surface area contributed by atoms with E-state index < -0.39 is 93.1 Å². The van der Waals surface area contributed by atoms with Crippen LogP contribution in [0.1, 0.15) is 99.4 Å². The van der Waals surface area contributed by atoms with E-state index in [1.54, 1.807) is 30.3 Å². The van der Waals surface area contributed by atoms with Crippen molar-refractivity contribution < 1.29 is 48.0 Å². The van der Waals surface area contributed by atoms with Crippen molar-refractivity contribution in [2.24, 2.45) is 16.7 Å². The molecule has 298 valence electrons. The molecule has 3 aliphatic carbocycles. The first-order valence-electron chi connectivity index (χ1n) is 20.1. The van der Waals surface area contributed by atoms with E-state index >= 15 is 0 Å². The maximum absolute atomic E-state index is 14.3. The van der Waals surface area contributed by atoms with Gasteiger partial charge in [0.25, 0.3) is 0 Å². The molecule has 12 heteroatoms. The second-order valence-electron chi connectivity index (χ2n) is 17.1. The minimum atomic E-state index is -2.49. The van der Waals surface area contributed by atoms with Crippen molar-refractivity contribution >= 4 is 28.6 Å². The highest BCUT2D eigenvalue weighted by Gasteiger charge is 2.78. The number of rotatable bonds is 13. The molecule has 0 aromatic heterocycles. The Labute approximate surface area is 319 Å². The molecule has 5 rings (SSSR count). The van der Waals surface area contributed by atoms with Crippen molar-refractivity contribution in [3.63, 3.8) is 0 Å². The number of esters is 2. The van der Waals surface area contributed by atoms with Gasteiger partial charge in [-0.2, -0.15) is 0 Å². The minimum absolute atomic E-state index is 0.0158. The van der Waals surface area contributed by atoms with Gasteiger partial charge >= 0.3 is 11.9 Å². The zero-order valence-electron chi connectivity index (χ0n) is 34.0. The Kier molecular flexibility index (Phi) is 12.1. The van der Waals surface area contributed by atoms with Crippen molar-refractivity contribution in [3.05, 3.63) is 47.0 Å². The summed E-state index contributed by atoms with van der Waals surface area (Å²) in [5, 5.41) is 39.1. The molecule has 3 N–H and O–H groups in total. The van der Waals surface area contributed by atoms with Gasteiger partial charge in [0.2, 0.25) is 0 Å². The molecule has 0 spiro atoms. The Morgan fingerprint density at radius 2 is 1.43 bits per heavy atom. The average molecular weight is 775 g/mol. The lowest BCUT2D eigenvalue weighted by Gasteiger charge is -2.70. The molecule has 0 amide bonds. The Morgan fingerprint density at radius 3 is 1.92 bits per heavy atom. The van der Waals surface area contributed by atoms with Crippen LogP contribution >= 0.6 is 0 Å². The van der Waals surface area contributed by atoms with Gasteiger partial charge in [0.05, 0.1) is 42.5 Å². The lowest BCUT2D eigenvalue weighted by molar-refractivity contribution is -0.363. The van der Waals surface area contributed by atoms with Crippen LogP contribution in [0, 0.1) is 16.7 Å². The zero-order chi connectivity index (χ0) is 39.4. The van der Waals surface area contributed by atoms with Crippen LogP contribution in [-0.4, -0.2) is 98.3 Å². The summed E-state index contributed by atoms with van der Waals surface area (Å²) < 4.78 is 34.2. The highest BCUT2D eigenvalue weighted by Crippen LogP contribution is 2.66. The van der Waals surface area contributed by atoms with Crippen molar-refractivity contribution in [3.8, 4) is 0 Å². The number of benzene rings is 1. The molecular weight excluding hydrogens is 709 g/mol. The number of aliphatic hydroxyl groups excluding tert-OH is 2. The van der Waals surface area contributed by atoms with Crippen molar-refractivity contribution in [2.45, 2.75) is 173 Å². The summed E-state index contributed by atoms with van der Waals surface area (Å²) >= 11 is 0. The number of hydrogen-bond donors (Lipinski definition) is 3. The summed E-state index contributed by atoms with van der Waals surface area (Å²) in [6, 6.07) is 13.6. The first-order chi connectivity index (χ1) is 24.9. The first-order valence-corrected chi connectivity index (χ1v) is 25.1. The smallest absolute Gasteiger partial charge is 0.338 e. The average Bonchev–Trinajstić information content (AvgIpc) is 3.13. The van der Waals surface area contributed by atoms with Crippen LogP contribution in [-0.2, 0) is 27.9 Å². The molecule has 53 heavy (non-hydrogen) atoms. The van der Waals surface area contributed by atoms with E-state index in [1.807, 2.05) is 27.7 Å². The van der Waals surface area contributed by atoms with E-state index in [1.165, 1.54) is 6.92 Å². The predicted octanol–water partition coefficient (Wildman–Crippen LogP) is 6.93. The van der Waals surface area contributed by atoms with Gasteiger partial charge in [-0.05, 0) is 66.5 Å². The van der Waals surface area contributed by atoms with E-state index in [2.05, 4.69) is 41.5 Å². The second-order valence-corrected chi connectivity index (χ2v) is 26.5. The number of carbonyl (C=O) groups is 2. The lowest BCUT2D eigenvalue weighted by atomic mass is 9.44. The summed E-state index contributed by atoms with van der Waals surface area (Å²) in [5.74, 6) is -2.24. The molecule has 1 aromatic rings. The summed E-state index contributed by atoms with van der Waals surface area (Å²) in [5.41, 5.74) is -4.27. The fourth-order valence-corrected chi connectivity index (χ4v) is 16.4. The number of ether oxygens (including phenoxy) is 3. The predicted molar refractivity (Wildman–Crippen MR) is 208 cm³/mol. The molecule has 2 bridgehead atoms. The van der Waals surface area contributed by atoms with Crippen LogP contribution in [0.4, 0.5) is 0 Å². The van der Waals surface area contributed by atoms with Gasteiger partial charge in [-0.25, -0.2) is 4.79 Å². The lowest BCUT2D eigenvalue weighted by Crippen LogP contribution is -2.83. The number of carbonyl (C=O) groups excluding carboxylic acids is 2. The molecule has 1 unspecified atom stereocenters. The monoisotopic (exact) mass is 774 g/mol. The Hall–Kier alpha value is -1.91. The highest BCUT2D eigenvalue weighted by atomic mass is 28.4. The third-order valence-electron chi connectivity index (χ3n) is 14.8. The largest absolute Gasteiger partial charge is 0.455 e. The molecule has 1 heterocycles. The number of aliphatic hydroxyl groups is 3. The second kappa shape index (κ2) is 15.2. The number of fused-ring (bicyclic) bond motifs is 5. The van der Waals surface area contributed by atoms with Crippen LogP contribution in [0.2, 0.25) is 36.3 Å². The normalized spacial score (nSPS) is 36.7. The third kappa shape index (κ3) is 6.54. The molecule has 10 nitrogen and oxygen atoms in total. The quantitative estimate of drug-likeness (QED) is 0.110. The standard InChI is InChI=1S/C41H66O10Si2/c1-12-52(13-2,14-3)50-30-23-31-40(25-47-31,49-27(8)42)34-36(48-37(45)28-21-19-18-20-22-28)41(46)24-29(43)26(7)32(38(41,9)10)33(35(44)39(30,34)11)51-53(15-4,16-5)17-6/h18-22,29-31,33-36,43-44,46H,12-17,23-25H2,1-11H3/t29-,30-,31+,33-,34?,35-,36-,39+,40-,41+/m0/s1. The SMILES string of the molecule is CC[Si](CC)(CC)O[C@H]1C[C@H]2OC[C@@]2(OC(C)=O)C2[C@H](OC(=O)c3ccccc3)[C@]3(O)C[C@H](O)C(C)=C([C@H](O[Si](CC)(CC)CC)[C@H](O)[C@@]21C)C3(C)C. The Morgan fingerprint density at radius 1 is 0.887 bits per heavy atom. The Bertz CT molecular complexity index is 1510. The van der Waals surface area contributed by atoms with Gasteiger partial charge in [0, 0.05) is 30.6 Å². The first kappa shape index (κ1) is 42.2. The topological polar surface area (TPSA) is 141 Å². The molecule has 4 aliphatic rings. The zero-order valence-corrected chi connectivity index (χ0v) is 36.0. The number of hydrogen-bond acceptors (Lipinski definition) is 10. The molecule has 10 atom stereocenters. The minimum Gasteiger partial charge on any atom is -0.455 e. The van der Waals surface area contributed by atoms with Crippen LogP contribution in [0.15, 0.2) is 41.5 Å². The molecule has 1 saturated heterocycles. The van der Waals surface area contributed by atoms with Crippen LogP contribution in [0.5, 0.6) is 0 Å². The van der Waals surface area contributed by atoms with Gasteiger partial charge in [-0.15, -0.1) is 0 Å². The summed E-state index contributed by atoms with van der Waals surface area (Å²) in [4.78, 5) is 27.5.